The molecule has 21 heavy (non-hydrogen) atoms. The van der Waals surface area contributed by atoms with Crippen molar-refractivity contribution in [3.63, 3.8) is 0 Å². The van der Waals surface area contributed by atoms with E-state index in [1.807, 2.05) is 0 Å². The van der Waals surface area contributed by atoms with Crippen molar-refractivity contribution < 1.29 is 24.2 Å². The molecule has 2 atom stereocenters. The molecule has 0 saturated carbocycles. The number of halogens is 1. The quantitative estimate of drug-likeness (QED) is 0.472. The fourth-order valence-corrected chi connectivity index (χ4v) is 3.51. The van der Waals surface area contributed by atoms with Gasteiger partial charge >= 0.3 is 12.0 Å². The summed E-state index contributed by atoms with van der Waals surface area (Å²) in [5.41, 5.74) is -0.162. The number of hydrogen-bond acceptors (Lipinski definition) is 5. The van der Waals surface area contributed by atoms with Crippen molar-refractivity contribution in [3.05, 3.63) is 11.5 Å². The predicted octanol–water partition coefficient (Wildman–Crippen LogP) is -0.249. The lowest BCUT2D eigenvalue weighted by Gasteiger charge is -2.48. The molecule has 3 amide bonds. The van der Waals surface area contributed by atoms with Gasteiger partial charge in [-0.05, 0) is 0 Å². The molecule has 2 heterocycles. The number of carbonyl (C=O) groups is 3. The van der Waals surface area contributed by atoms with E-state index in [-0.39, 0.29) is 23.9 Å². The lowest BCUT2D eigenvalue weighted by molar-refractivity contribution is -0.149. The molecule has 2 rings (SSSR count). The number of nitrogens with one attached hydrogen (secondary N) is 2. The van der Waals surface area contributed by atoms with Gasteiger partial charge in [0, 0.05) is 12.4 Å². The Balaban J connectivity index is 2.08. The van der Waals surface area contributed by atoms with Crippen molar-refractivity contribution >= 4 is 41.3 Å². The Kier molecular flexibility index (Phi) is 4.84. The highest BCUT2D eigenvalue weighted by Gasteiger charge is 2.54. The number of methoxy groups -OCH3 is 1. The average molecular weight is 336 g/mol. The van der Waals surface area contributed by atoms with Crippen molar-refractivity contribution in [3.8, 4) is 0 Å². The number of fused-ring (bicyclic) bond motifs is 1. The lowest BCUT2D eigenvalue weighted by atomic mass is 10.1. The minimum atomic E-state index is -1.23. The number of nitrogens with zero attached hydrogens (tertiary/aromatic N) is 1. The zero-order chi connectivity index (χ0) is 15.6. The van der Waals surface area contributed by atoms with Crippen LogP contribution in [0.3, 0.4) is 0 Å². The van der Waals surface area contributed by atoms with Gasteiger partial charge in [0.15, 0.2) is 5.70 Å². The maximum atomic E-state index is 12.1. The van der Waals surface area contributed by atoms with Crippen LogP contribution in [0.5, 0.6) is 0 Å². The third-order valence-corrected chi connectivity index (χ3v) is 4.49. The number of thioether (sulfide) groups is 1. The highest BCUT2D eigenvalue weighted by atomic mass is 35.5. The molecule has 10 heteroatoms. The van der Waals surface area contributed by atoms with E-state index in [0.717, 1.165) is 4.90 Å². The molecule has 0 bridgehead atoms. The van der Waals surface area contributed by atoms with Crippen LogP contribution < -0.4 is 10.6 Å². The van der Waals surface area contributed by atoms with Gasteiger partial charge in [-0.25, -0.2) is 9.59 Å². The Morgan fingerprint density at radius 2 is 2.29 bits per heavy atom. The Labute approximate surface area is 129 Å². The molecule has 0 radical (unpaired) electrons. The molecule has 3 N–H and O–H groups in total. The van der Waals surface area contributed by atoms with Gasteiger partial charge < -0.3 is 20.5 Å². The fraction of sp³-hybridized carbons (Fsp3) is 0.545. The molecular formula is C11H14ClN3O5S. The predicted molar refractivity (Wildman–Crippen MR) is 75.8 cm³/mol. The molecule has 0 aromatic carbocycles. The molecule has 1 fully saturated rings. The van der Waals surface area contributed by atoms with Gasteiger partial charge in [0.2, 0.25) is 0 Å². The summed E-state index contributed by atoms with van der Waals surface area (Å²) in [7, 11) is 1.36. The van der Waals surface area contributed by atoms with Gasteiger partial charge in [-0.2, -0.15) is 0 Å². The van der Waals surface area contributed by atoms with Crippen LogP contribution in [0.15, 0.2) is 11.5 Å². The fourth-order valence-electron chi connectivity index (χ4n) is 2.10. The number of ether oxygens (including phenoxy) is 1. The first-order valence-corrected chi connectivity index (χ1v) is 7.65. The largest absolute Gasteiger partial charge is 0.498 e. The summed E-state index contributed by atoms with van der Waals surface area (Å²) in [6.45, 7) is 0.282. The zero-order valence-corrected chi connectivity index (χ0v) is 12.7. The van der Waals surface area contributed by atoms with Gasteiger partial charge in [0.25, 0.3) is 5.91 Å². The Morgan fingerprint density at radius 1 is 1.57 bits per heavy atom. The molecule has 0 aromatic rings. The van der Waals surface area contributed by atoms with Crippen molar-refractivity contribution in [2.75, 3.05) is 25.3 Å². The number of aliphatic carboxylic acids is 1. The molecule has 2 aliphatic heterocycles. The second-order valence-corrected chi connectivity index (χ2v) is 5.74. The minimum Gasteiger partial charge on any atom is -0.498 e. The van der Waals surface area contributed by atoms with Gasteiger partial charge in [0.1, 0.15) is 17.2 Å². The topological polar surface area (TPSA) is 108 Å². The van der Waals surface area contributed by atoms with E-state index in [0.29, 0.717) is 5.75 Å². The highest BCUT2D eigenvalue weighted by Crippen LogP contribution is 2.40. The highest BCUT2D eigenvalue weighted by molar-refractivity contribution is 8.00. The lowest BCUT2D eigenvalue weighted by Crippen LogP contribution is -2.71. The first kappa shape index (κ1) is 15.8. The maximum Gasteiger partial charge on any atom is 0.356 e. The first-order chi connectivity index (χ1) is 10.0. The molecule has 0 unspecified atom stereocenters. The number of carbonyl (C=O) groups excluding carboxylic acids is 2. The van der Waals surface area contributed by atoms with E-state index in [1.165, 1.54) is 18.9 Å². The van der Waals surface area contributed by atoms with E-state index in [4.69, 9.17) is 16.3 Å². The van der Waals surface area contributed by atoms with E-state index in [9.17, 15) is 19.5 Å². The summed E-state index contributed by atoms with van der Waals surface area (Å²) in [6, 6.07) is -1.26. The van der Waals surface area contributed by atoms with Gasteiger partial charge in [-0.3, -0.25) is 9.69 Å². The van der Waals surface area contributed by atoms with Crippen LogP contribution in [-0.2, 0) is 14.3 Å². The average Bonchev–Trinajstić information content (AvgIpc) is 2.48. The third kappa shape index (κ3) is 2.88. The monoisotopic (exact) mass is 335 g/mol. The standard InChI is InChI=1S/C11H14ClN3O5S/c1-20-5-4-21-9-6(14-11(19)13-3-2-12)8(16)15(9)7(5)10(17)18/h6,9H,2-4H2,1H3,(H,17,18)(H2,13,14,19)/t6-,9-/m1/s1. The summed E-state index contributed by atoms with van der Waals surface area (Å²) < 4.78 is 5.01. The van der Waals surface area contributed by atoms with Crippen LogP contribution in [0.2, 0.25) is 0 Å². The van der Waals surface area contributed by atoms with Crippen LogP contribution in [0.1, 0.15) is 0 Å². The van der Waals surface area contributed by atoms with Gasteiger partial charge in [-0.1, -0.05) is 0 Å². The number of carboxylic acid groups (broad SMARTS) is 1. The molecular weight excluding hydrogens is 322 g/mol. The molecule has 1 saturated heterocycles. The number of carboxylic acids is 1. The van der Waals surface area contributed by atoms with Crippen LogP contribution in [0, 0.1) is 0 Å². The van der Waals surface area contributed by atoms with E-state index in [1.54, 1.807) is 0 Å². The SMILES string of the molecule is COC1=C(C(=O)O)N2C(=O)[C@@H](NC(=O)NCCCl)[C@H]2SC1. The summed E-state index contributed by atoms with van der Waals surface area (Å²) in [5, 5.41) is 13.8. The van der Waals surface area contributed by atoms with Crippen molar-refractivity contribution in [1.82, 2.24) is 15.5 Å². The number of β-lactam (4-membered cyclic amide) rings is 1. The normalized spacial score (nSPS) is 24.1. The maximum absolute atomic E-state index is 12.1. The number of hydrogen-bond donors (Lipinski definition) is 3. The second-order valence-electron chi connectivity index (χ2n) is 4.26. The molecule has 8 nitrogen and oxygen atoms in total. The van der Waals surface area contributed by atoms with Crippen LogP contribution >= 0.6 is 23.4 Å². The number of amides is 3. The van der Waals surface area contributed by atoms with Crippen molar-refractivity contribution in [1.29, 1.82) is 0 Å². The molecule has 0 spiro atoms. The van der Waals surface area contributed by atoms with Crippen LogP contribution in [0.25, 0.3) is 0 Å². The van der Waals surface area contributed by atoms with E-state index in [2.05, 4.69) is 10.6 Å². The Bertz CT molecular complexity index is 512. The van der Waals surface area contributed by atoms with Crippen LogP contribution in [-0.4, -0.2) is 64.6 Å². The smallest absolute Gasteiger partial charge is 0.356 e. The van der Waals surface area contributed by atoms with Gasteiger partial charge in [0.05, 0.1) is 12.9 Å². The Morgan fingerprint density at radius 3 is 2.86 bits per heavy atom. The van der Waals surface area contributed by atoms with Crippen LogP contribution in [0.4, 0.5) is 4.79 Å². The van der Waals surface area contributed by atoms with Crippen molar-refractivity contribution in [2.45, 2.75) is 11.4 Å². The summed E-state index contributed by atoms with van der Waals surface area (Å²) in [4.78, 5) is 36.0. The molecule has 2 aliphatic rings. The summed E-state index contributed by atoms with van der Waals surface area (Å²) in [6.07, 6.45) is 0. The van der Waals surface area contributed by atoms with Crippen molar-refractivity contribution in [2.24, 2.45) is 0 Å². The zero-order valence-electron chi connectivity index (χ0n) is 11.1. The first-order valence-electron chi connectivity index (χ1n) is 6.06. The van der Waals surface area contributed by atoms with E-state index < -0.39 is 29.3 Å². The van der Waals surface area contributed by atoms with Gasteiger partial charge in [-0.15, -0.1) is 23.4 Å². The summed E-state index contributed by atoms with van der Waals surface area (Å²) in [5.74, 6) is -0.870. The minimum absolute atomic E-state index is 0.162. The molecule has 0 aliphatic carbocycles. The Hall–Kier alpha value is -1.61. The van der Waals surface area contributed by atoms with E-state index >= 15 is 0 Å². The second kappa shape index (κ2) is 6.44. The third-order valence-electron chi connectivity index (χ3n) is 3.05. The number of rotatable bonds is 5. The molecule has 116 valence electrons. The molecule has 0 aromatic heterocycles. The number of urea groups is 1. The summed E-state index contributed by atoms with van der Waals surface area (Å²) >= 11 is 6.78. The number of alkyl halides is 1.